The third-order valence-electron chi connectivity index (χ3n) is 2.87. The molecule has 0 aromatic carbocycles. The first-order valence-corrected chi connectivity index (χ1v) is 5.32. The first-order chi connectivity index (χ1) is 6.27. The highest BCUT2D eigenvalue weighted by atomic mass is 15.3. The average Bonchev–Trinajstić information content (AvgIpc) is 2.65. The molecule has 1 unspecified atom stereocenters. The number of rotatable bonds is 3. The topological polar surface area (TPSA) is 50.4 Å². The number of nitrogens with one attached hydrogen (secondary N) is 1. The Labute approximate surface area is 80.8 Å². The molecule has 0 aromatic rings. The largest absolute Gasteiger partial charge is 0.312 e. The van der Waals surface area contributed by atoms with Crippen molar-refractivity contribution < 1.29 is 0 Å². The quantitative estimate of drug-likeness (QED) is 0.303. The van der Waals surface area contributed by atoms with Gasteiger partial charge in [-0.15, -0.1) is 0 Å². The van der Waals surface area contributed by atoms with Gasteiger partial charge in [0.25, 0.3) is 0 Å². The Morgan fingerprint density at radius 3 is 2.62 bits per heavy atom. The predicted octanol–water partition coefficient (Wildman–Crippen LogP) is 1.84. The van der Waals surface area contributed by atoms with Crippen LogP contribution in [0.1, 0.15) is 46.0 Å². The summed E-state index contributed by atoms with van der Waals surface area (Å²) in [6, 6.07) is 0.528. The monoisotopic (exact) mass is 183 g/mol. The van der Waals surface area contributed by atoms with Crippen LogP contribution in [0.15, 0.2) is 4.99 Å². The molecule has 0 saturated heterocycles. The zero-order chi connectivity index (χ0) is 9.68. The number of hydrogen-bond acceptors (Lipinski definition) is 2. The highest BCUT2D eigenvalue weighted by molar-refractivity contribution is 5.83. The van der Waals surface area contributed by atoms with Gasteiger partial charge >= 0.3 is 0 Å². The van der Waals surface area contributed by atoms with Gasteiger partial charge < -0.3 is 5.43 Å². The Morgan fingerprint density at radius 2 is 2.15 bits per heavy atom. The number of aliphatic imine (C=N–C) groups is 1. The van der Waals surface area contributed by atoms with Crippen molar-refractivity contribution in [1.82, 2.24) is 5.43 Å². The summed E-state index contributed by atoms with van der Waals surface area (Å²) in [5, 5.41) is 0. The highest BCUT2D eigenvalue weighted by Gasteiger charge is 2.16. The Bertz CT molecular complexity index is 171. The van der Waals surface area contributed by atoms with E-state index in [2.05, 4.69) is 24.3 Å². The first-order valence-electron chi connectivity index (χ1n) is 5.32. The van der Waals surface area contributed by atoms with Crippen molar-refractivity contribution in [3.05, 3.63) is 0 Å². The summed E-state index contributed by atoms with van der Waals surface area (Å²) < 4.78 is 0. The van der Waals surface area contributed by atoms with Gasteiger partial charge in [0.05, 0.1) is 6.04 Å². The lowest BCUT2D eigenvalue weighted by molar-refractivity contribution is 0.653. The maximum atomic E-state index is 5.45. The van der Waals surface area contributed by atoms with Crippen LogP contribution in [0.4, 0.5) is 0 Å². The Morgan fingerprint density at radius 1 is 1.54 bits per heavy atom. The third kappa shape index (κ3) is 2.99. The SMILES string of the molecule is CCC(C)C(=NC1CCCC1)NN. The van der Waals surface area contributed by atoms with Crippen molar-refractivity contribution in [2.24, 2.45) is 16.8 Å². The summed E-state index contributed by atoms with van der Waals surface area (Å²) in [6.45, 7) is 4.32. The van der Waals surface area contributed by atoms with E-state index in [4.69, 9.17) is 5.84 Å². The van der Waals surface area contributed by atoms with Crippen molar-refractivity contribution in [3.8, 4) is 0 Å². The molecule has 3 heteroatoms. The van der Waals surface area contributed by atoms with Gasteiger partial charge in [-0.3, -0.25) is 4.99 Å². The van der Waals surface area contributed by atoms with Crippen LogP contribution < -0.4 is 11.3 Å². The van der Waals surface area contributed by atoms with Gasteiger partial charge in [0.2, 0.25) is 0 Å². The van der Waals surface area contributed by atoms with Crippen LogP contribution >= 0.6 is 0 Å². The molecule has 0 spiro atoms. The van der Waals surface area contributed by atoms with Crippen LogP contribution in [-0.2, 0) is 0 Å². The summed E-state index contributed by atoms with van der Waals surface area (Å²) in [5.74, 6) is 6.89. The number of nitrogens with two attached hydrogens (primary N) is 1. The third-order valence-corrected chi connectivity index (χ3v) is 2.87. The Kier molecular flexibility index (Phi) is 4.22. The fourth-order valence-electron chi connectivity index (χ4n) is 1.73. The van der Waals surface area contributed by atoms with Gasteiger partial charge in [-0.2, -0.15) is 0 Å². The molecular formula is C10H21N3. The summed E-state index contributed by atoms with van der Waals surface area (Å²) in [7, 11) is 0. The van der Waals surface area contributed by atoms with E-state index in [0.29, 0.717) is 12.0 Å². The van der Waals surface area contributed by atoms with E-state index in [0.717, 1.165) is 12.3 Å². The molecule has 0 aromatic heterocycles. The summed E-state index contributed by atoms with van der Waals surface area (Å²) in [5.41, 5.74) is 2.73. The molecule has 76 valence electrons. The van der Waals surface area contributed by atoms with Crippen LogP contribution in [0.25, 0.3) is 0 Å². The normalized spacial score (nSPS) is 21.9. The minimum Gasteiger partial charge on any atom is -0.312 e. The second-order valence-corrected chi connectivity index (χ2v) is 3.91. The standard InChI is InChI=1S/C10H21N3/c1-3-8(2)10(13-11)12-9-6-4-5-7-9/h8-9H,3-7,11H2,1-2H3,(H,12,13). The maximum Gasteiger partial charge on any atom is 0.113 e. The van der Waals surface area contributed by atoms with Gasteiger partial charge in [0.15, 0.2) is 0 Å². The molecule has 3 nitrogen and oxygen atoms in total. The van der Waals surface area contributed by atoms with Crippen molar-refractivity contribution in [2.45, 2.75) is 52.0 Å². The number of amidine groups is 1. The predicted molar refractivity (Wildman–Crippen MR) is 56.5 cm³/mol. The van der Waals surface area contributed by atoms with Crippen molar-refractivity contribution in [2.75, 3.05) is 0 Å². The van der Waals surface area contributed by atoms with E-state index < -0.39 is 0 Å². The van der Waals surface area contributed by atoms with E-state index in [1.807, 2.05) is 0 Å². The first kappa shape index (κ1) is 10.5. The van der Waals surface area contributed by atoms with Gasteiger partial charge in [-0.25, -0.2) is 5.84 Å². The molecule has 0 bridgehead atoms. The highest BCUT2D eigenvalue weighted by Crippen LogP contribution is 2.21. The van der Waals surface area contributed by atoms with E-state index in [-0.39, 0.29) is 0 Å². The molecule has 0 heterocycles. The summed E-state index contributed by atoms with van der Waals surface area (Å²) >= 11 is 0. The van der Waals surface area contributed by atoms with Crippen molar-refractivity contribution in [3.63, 3.8) is 0 Å². The maximum absolute atomic E-state index is 5.45. The van der Waals surface area contributed by atoms with Gasteiger partial charge in [0.1, 0.15) is 5.84 Å². The van der Waals surface area contributed by atoms with Crippen LogP contribution in [0.3, 0.4) is 0 Å². The minimum absolute atomic E-state index is 0.464. The van der Waals surface area contributed by atoms with E-state index in [9.17, 15) is 0 Å². The Hall–Kier alpha value is -0.570. The molecule has 1 fully saturated rings. The molecular weight excluding hydrogens is 162 g/mol. The fraction of sp³-hybridized carbons (Fsp3) is 0.900. The molecule has 13 heavy (non-hydrogen) atoms. The lowest BCUT2D eigenvalue weighted by atomic mass is 10.1. The van der Waals surface area contributed by atoms with Gasteiger partial charge in [-0.1, -0.05) is 26.7 Å². The molecule has 0 aliphatic heterocycles. The van der Waals surface area contributed by atoms with Crippen LogP contribution in [0.2, 0.25) is 0 Å². The molecule has 1 rings (SSSR count). The minimum atomic E-state index is 0.464. The zero-order valence-electron chi connectivity index (χ0n) is 8.71. The molecule has 1 aliphatic carbocycles. The zero-order valence-corrected chi connectivity index (χ0v) is 8.71. The molecule has 1 aliphatic rings. The van der Waals surface area contributed by atoms with Crippen LogP contribution in [0, 0.1) is 5.92 Å². The molecule has 0 radical (unpaired) electrons. The fourth-order valence-corrected chi connectivity index (χ4v) is 1.73. The lowest BCUT2D eigenvalue weighted by Gasteiger charge is -2.14. The second-order valence-electron chi connectivity index (χ2n) is 3.91. The molecule has 0 amide bonds. The van der Waals surface area contributed by atoms with Crippen LogP contribution in [-0.4, -0.2) is 11.9 Å². The van der Waals surface area contributed by atoms with Crippen molar-refractivity contribution >= 4 is 5.84 Å². The molecule has 1 atom stereocenters. The molecule has 3 N–H and O–H groups in total. The van der Waals surface area contributed by atoms with E-state index in [1.54, 1.807) is 0 Å². The number of nitrogens with zero attached hydrogens (tertiary/aromatic N) is 1. The van der Waals surface area contributed by atoms with Gasteiger partial charge in [0, 0.05) is 5.92 Å². The number of hydrogen-bond donors (Lipinski definition) is 2. The molecule has 1 saturated carbocycles. The number of hydrazine groups is 1. The van der Waals surface area contributed by atoms with Crippen molar-refractivity contribution in [1.29, 1.82) is 0 Å². The van der Waals surface area contributed by atoms with E-state index >= 15 is 0 Å². The summed E-state index contributed by atoms with van der Waals surface area (Å²) in [4.78, 5) is 4.65. The summed E-state index contributed by atoms with van der Waals surface area (Å²) in [6.07, 6.45) is 6.22. The lowest BCUT2D eigenvalue weighted by Crippen LogP contribution is -2.35. The van der Waals surface area contributed by atoms with E-state index in [1.165, 1.54) is 25.7 Å². The average molecular weight is 183 g/mol. The second kappa shape index (κ2) is 5.22. The smallest absolute Gasteiger partial charge is 0.113 e. The Balaban J connectivity index is 2.52. The van der Waals surface area contributed by atoms with Gasteiger partial charge in [-0.05, 0) is 19.3 Å². The van der Waals surface area contributed by atoms with Crippen LogP contribution in [0.5, 0.6) is 0 Å².